The van der Waals surface area contributed by atoms with E-state index in [1.54, 1.807) is 77.9 Å². The Balaban J connectivity index is 0.000000190. The summed E-state index contributed by atoms with van der Waals surface area (Å²) in [5.41, 5.74) is 2.88. The van der Waals surface area contributed by atoms with Crippen molar-refractivity contribution in [2.75, 3.05) is 33.7 Å². The van der Waals surface area contributed by atoms with Gasteiger partial charge in [0.1, 0.15) is 5.75 Å². The summed E-state index contributed by atoms with van der Waals surface area (Å²) in [5, 5.41) is 9.84. The van der Waals surface area contributed by atoms with E-state index in [0.717, 1.165) is 23.5 Å². The second kappa shape index (κ2) is 12.8. The number of aryl methyl sites for hydroxylation is 1. The fraction of sp³-hybridized carbons (Fsp3) is 0.129. The van der Waals surface area contributed by atoms with E-state index >= 15 is 0 Å². The van der Waals surface area contributed by atoms with Crippen LogP contribution in [-0.4, -0.2) is 29.0 Å². The molecule has 3 heterocycles. The molecule has 3 aromatic carbocycles. The van der Waals surface area contributed by atoms with Crippen molar-refractivity contribution >= 4 is 22.7 Å². The van der Waals surface area contributed by atoms with Crippen molar-refractivity contribution in [1.82, 2.24) is 9.80 Å². The number of rotatable bonds is 4. The van der Waals surface area contributed by atoms with Crippen LogP contribution >= 0.6 is 0 Å². The molecule has 3 aromatic rings. The summed E-state index contributed by atoms with van der Waals surface area (Å²) in [6, 6.07) is 21.7. The standard InChI is InChI=1S/C16H14N2O.C15H14F3N4.Ir/c1-13-6-8-14(9-7-13)17-10-11-18(12-17)15-4-2-3-5-16(15)19;1-19-3-5-21(10-19)13-7-12(15(16,17)18)8-14(9-13)22-6-4-20(2)11-22;/h2-8,10-12,19H,1H3;3-8,10-11H,1-2H3;/q-2;-3;. The van der Waals surface area contributed by atoms with Gasteiger partial charge in [-0.3, -0.25) is 0 Å². The minimum Gasteiger partial charge on any atom is -0.510 e. The summed E-state index contributed by atoms with van der Waals surface area (Å²) in [7, 11) is 3.61. The van der Waals surface area contributed by atoms with Crippen molar-refractivity contribution in [2.24, 2.45) is 0 Å². The first-order valence-electron chi connectivity index (χ1n) is 12.6. The van der Waals surface area contributed by atoms with Gasteiger partial charge in [0.25, 0.3) is 0 Å². The number of anilines is 4. The first kappa shape index (κ1) is 30.9. The molecule has 3 aliphatic rings. The first-order valence-corrected chi connectivity index (χ1v) is 12.6. The van der Waals surface area contributed by atoms with Crippen molar-refractivity contribution in [1.29, 1.82) is 0 Å². The normalized spacial score (nSPS) is 15.9. The largest absolute Gasteiger partial charge is 0.510 e. The molecule has 0 unspecified atom stereocenters. The second-order valence-electron chi connectivity index (χ2n) is 9.58. The van der Waals surface area contributed by atoms with E-state index in [9.17, 15) is 18.3 Å². The first-order chi connectivity index (χ1) is 19.6. The van der Waals surface area contributed by atoms with Crippen molar-refractivity contribution in [3.63, 3.8) is 0 Å². The molecule has 7 nitrogen and oxygen atoms in total. The van der Waals surface area contributed by atoms with Crippen molar-refractivity contribution in [2.45, 2.75) is 13.1 Å². The van der Waals surface area contributed by atoms with Gasteiger partial charge in [0.2, 0.25) is 0 Å². The zero-order valence-corrected chi connectivity index (χ0v) is 25.4. The topological polar surface area (TPSA) is 39.7 Å². The average Bonchev–Trinajstić information content (AvgIpc) is 3.71. The zero-order chi connectivity index (χ0) is 29.1. The number of phenolic OH excluding ortho intramolecular Hbond substituents is 1. The summed E-state index contributed by atoms with van der Waals surface area (Å²) in [6.45, 7) is 7.32. The van der Waals surface area contributed by atoms with Gasteiger partial charge in [-0.25, -0.2) is 0 Å². The van der Waals surface area contributed by atoms with E-state index in [2.05, 4.69) is 18.2 Å². The van der Waals surface area contributed by atoms with E-state index in [1.165, 1.54) is 5.56 Å². The van der Waals surface area contributed by atoms with Gasteiger partial charge in [-0.1, -0.05) is 24.6 Å². The zero-order valence-electron chi connectivity index (χ0n) is 23.0. The minimum absolute atomic E-state index is 0. The Bertz CT molecular complexity index is 1420. The van der Waals surface area contributed by atoms with Crippen LogP contribution < -0.4 is 19.6 Å². The van der Waals surface area contributed by atoms with Crippen molar-refractivity contribution < 1.29 is 38.4 Å². The molecule has 0 aliphatic carbocycles. The monoisotopic (exact) mass is 750 g/mol. The number of hydrogen-bond acceptors (Lipinski definition) is 7. The van der Waals surface area contributed by atoms with Crippen LogP contribution in [0.2, 0.25) is 0 Å². The molecule has 0 aromatic heterocycles. The molecular weight excluding hydrogens is 722 g/mol. The number of phenols is 1. The predicted octanol–water partition coefficient (Wildman–Crippen LogP) is 6.61. The summed E-state index contributed by atoms with van der Waals surface area (Å²) in [6.07, 6.45) is 6.31. The Morgan fingerprint density at radius 1 is 0.714 bits per heavy atom. The van der Waals surface area contributed by atoms with Gasteiger partial charge in [0.05, 0.1) is 5.69 Å². The molecule has 1 radical (unpaired) electrons. The number of halogens is 3. The third-order valence-electron chi connectivity index (χ3n) is 6.29. The average molecular weight is 750 g/mol. The fourth-order valence-corrected chi connectivity index (χ4v) is 4.14. The number of hydrogen-bond donors (Lipinski definition) is 1. The van der Waals surface area contributed by atoms with E-state index in [-0.39, 0.29) is 25.9 Å². The van der Waals surface area contributed by atoms with E-state index < -0.39 is 11.7 Å². The smallest absolute Gasteiger partial charge is 0.394 e. The third-order valence-corrected chi connectivity index (χ3v) is 6.29. The number of alkyl halides is 3. The molecule has 223 valence electrons. The fourth-order valence-electron chi connectivity index (χ4n) is 4.14. The predicted molar refractivity (Wildman–Crippen MR) is 154 cm³/mol. The maximum Gasteiger partial charge on any atom is 0.394 e. The molecule has 42 heavy (non-hydrogen) atoms. The Kier molecular flexibility index (Phi) is 9.43. The molecule has 6 rings (SSSR count). The van der Waals surface area contributed by atoms with Gasteiger partial charge in [0.15, 0.2) is 0 Å². The van der Waals surface area contributed by atoms with Crippen LogP contribution in [0.4, 0.5) is 35.9 Å². The molecule has 0 saturated carbocycles. The third kappa shape index (κ3) is 7.21. The molecule has 3 aliphatic heterocycles. The molecular formula is C31H28F3IrN6O-5. The molecule has 1 N–H and O–H groups in total. The van der Waals surface area contributed by atoms with Crippen LogP contribution in [0.15, 0.2) is 91.8 Å². The summed E-state index contributed by atoms with van der Waals surface area (Å²) in [5.74, 6) is 0.262. The molecule has 11 heteroatoms. The van der Waals surface area contributed by atoms with Gasteiger partial charge in [0, 0.05) is 20.1 Å². The Morgan fingerprint density at radius 2 is 1.26 bits per heavy atom. The molecule has 0 saturated heterocycles. The Morgan fingerprint density at radius 3 is 1.76 bits per heavy atom. The van der Waals surface area contributed by atoms with E-state index in [1.807, 2.05) is 66.1 Å². The molecule has 0 bridgehead atoms. The molecule has 0 spiro atoms. The minimum atomic E-state index is -4.41. The van der Waals surface area contributed by atoms with Crippen LogP contribution in [0.25, 0.3) is 0 Å². The van der Waals surface area contributed by atoms with Gasteiger partial charge in [-0.15, -0.1) is 48.0 Å². The van der Waals surface area contributed by atoms with Crippen LogP contribution in [0.1, 0.15) is 11.1 Å². The second-order valence-corrected chi connectivity index (χ2v) is 9.58. The molecule has 0 fully saturated rings. The number of aromatic hydroxyl groups is 1. The SMILES string of the molecule is CN1C=CN(c2[c-]c(N3C=CN(C)[CH-]3)cc(C(F)(F)F)c2)[CH-]1.Cc1c[c-]c(N2C=CN(c3ccccc3O)[CH-]2)cc1.[Ir]. The van der Waals surface area contributed by atoms with Crippen molar-refractivity contribution in [3.05, 3.63) is 135 Å². The van der Waals surface area contributed by atoms with E-state index in [0.29, 0.717) is 11.4 Å². The summed E-state index contributed by atoms with van der Waals surface area (Å²) >= 11 is 0. The van der Waals surface area contributed by atoms with Crippen LogP contribution in [-0.2, 0) is 26.3 Å². The maximum atomic E-state index is 13.1. The summed E-state index contributed by atoms with van der Waals surface area (Å²) in [4.78, 5) is 10.5. The van der Waals surface area contributed by atoms with Crippen LogP contribution in [0, 0.1) is 39.1 Å². The summed E-state index contributed by atoms with van der Waals surface area (Å²) < 4.78 is 39.4. The van der Waals surface area contributed by atoms with E-state index in [4.69, 9.17) is 0 Å². The number of para-hydroxylation sites is 2. The maximum absolute atomic E-state index is 13.1. The Labute approximate surface area is 258 Å². The van der Waals surface area contributed by atoms with Gasteiger partial charge < -0.3 is 34.5 Å². The van der Waals surface area contributed by atoms with Gasteiger partial charge >= 0.3 is 6.18 Å². The van der Waals surface area contributed by atoms with Crippen LogP contribution in [0.3, 0.4) is 0 Å². The van der Waals surface area contributed by atoms with Crippen molar-refractivity contribution in [3.8, 4) is 5.75 Å². The number of nitrogens with zero attached hydrogens (tertiary/aromatic N) is 6. The molecule has 0 atom stereocenters. The number of benzene rings is 3. The molecule has 0 amide bonds. The van der Waals surface area contributed by atoms with Crippen LogP contribution in [0.5, 0.6) is 5.75 Å². The quantitative estimate of drug-likeness (QED) is 0.302. The van der Waals surface area contributed by atoms with Gasteiger partial charge in [-0.2, -0.15) is 50.3 Å². The Hall–Kier alpha value is -4.08. The van der Waals surface area contributed by atoms with Gasteiger partial charge in [-0.05, 0) is 63.4 Å².